The predicted molar refractivity (Wildman–Crippen MR) is 129 cm³/mol. The van der Waals surface area contributed by atoms with Crippen LogP contribution in [-0.4, -0.2) is 33.4 Å². The molecule has 32 heavy (non-hydrogen) atoms. The Morgan fingerprint density at radius 2 is 1.56 bits per heavy atom. The summed E-state index contributed by atoms with van der Waals surface area (Å²) >= 11 is 0. The largest absolute Gasteiger partial charge is 0.338 e. The molecule has 1 amide bonds. The van der Waals surface area contributed by atoms with Crippen molar-refractivity contribution in [2.45, 2.75) is 38.6 Å². The zero-order valence-electron chi connectivity index (χ0n) is 18.6. The lowest BCUT2D eigenvalue weighted by molar-refractivity contribution is 0.0695. The van der Waals surface area contributed by atoms with Crippen LogP contribution in [0.4, 0.5) is 0 Å². The van der Waals surface area contributed by atoms with Gasteiger partial charge in [-0.25, -0.2) is 4.98 Å². The van der Waals surface area contributed by atoms with E-state index < -0.39 is 0 Å². The highest BCUT2D eigenvalue weighted by atomic mass is 16.2. The van der Waals surface area contributed by atoms with Crippen LogP contribution >= 0.6 is 0 Å². The highest BCUT2D eigenvalue weighted by molar-refractivity contribution is 5.94. The smallest absolute Gasteiger partial charge is 0.253 e. The van der Waals surface area contributed by atoms with E-state index in [-0.39, 0.29) is 5.91 Å². The molecule has 4 nitrogen and oxygen atoms in total. The number of hydrogen-bond acceptors (Lipinski definition) is 2. The number of carbonyl (C=O) groups excluding carboxylic acids is 1. The Morgan fingerprint density at radius 1 is 0.875 bits per heavy atom. The first-order valence-electron chi connectivity index (χ1n) is 11.6. The van der Waals surface area contributed by atoms with Gasteiger partial charge in [0.1, 0.15) is 5.82 Å². The monoisotopic (exact) mass is 423 g/mol. The van der Waals surface area contributed by atoms with E-state index in [2.05, 4.69) is 78.2 Å². The van der Waals surface area contributed by atoms with Gasteiger partial charge in [0, 0.05) is 31.1 Å². The van der Waals surface area contributed by atoms with Crippen molar-refractivity contribution < 1.29 is 4.79 Å². The molecule has 5 rings (SSSR count). The number of aryl methyl sites for hydroxylation is 1. The van der Waals surface area contributed by atoms with Gasteiger partial charge in [-0.3, -0.25) is 4.79 Å². The van der Waals surface area contributed by atoms with Gasteiger partial charge >= 0.3 is 0 Å². The van der Waals surface area contributed by atoms with Crippen molar-refractivity contribution >= 4 is 16.9 Å². The van der Waals surface area contributed by atoms with E-state index >= 15 is 0 Å². The van der Waals surface area contributed by atoms with Crippen LogP contribution in [0.2, 0.25) is 0 Å². The van der Waals surface area contributed by atoms with Crippen molar-refractivity contribution in [3.63, 3.8) is 0 Å². The van der Waals surface area contributed by atoms with Crippen molar-refractivity contribution in [2.75, 3.05) is 13.1 Å². The molecule has 0 bridgehead atoms. The Kier molecular flexibility index (Phi) is 5.76. The van der Waals surface area contributed by atoms with Crippen LogP contribution in [0.3, 0.4) is 0 Å². The first kappa shape index (κ1) is 20.5. The number of para-hydroxylation sites is 2. The number of aromatic nitrogens is 2. The minimum Gasteiger partial charge on any atom is -0.338 e. The molecule has 0 atom stereocenters. The molecule has 1 fully saturated rings. The molecule has 162 valence electrons. The van der Waals surface area contributed by atoms with Crippen LogP contribution < -0.4 is 0 Å². The van der Waals surface area contributed by atoms with E-state index in [9.17, 15) is 4.79 Å². The van der Waals surface area contributed by atoms with E-state index in [0.717, 1.165) is 55.7 Å². The first-order chi connectivity index (χ1) is 15.7. The molecule has 1 saturated heterocycles. The molecular weight excluding hydrogens is 394 g/mol. The lowest BCUT2D eigenvalue weighted by Gasteiger charge is -2.33. The fourth-order valence-electron chi connectivity index (χ4n) is 4.80. The Balaban J connectivity index is 1.36. The van der Waals surface area contributed by atoms with Gasteiger partial charge in [-0.05, 0) is 54.7 Å². The topological polar surface area (TPSA) is 38.1 Å². The predicted octanol–water partition coefficient (Wildman–Crippen LogP) is 5.67. The van der Waals surface area contributed by atoms with Gasteiger partial charge in [0.05, 0.1) is 11.0 Å². The highest BCUT2D eigenvalue weighted by Gasteiger charge is 2.27. The van der Waals surface area contributed by atoms with Gasteiger partial charge in [-0.15, -0.1) is 0 Å². The number of carbonyl (C=O) groups is 1. The minimum absolute atomic E-state index is 0.145. The molecule has 4 heteroatoms. The standard InChI is InChI=1S/C28H29N3O/c1-2-21-12-14-23(15-13-21)28(32)30-18-16-24(17-19-30)31-26-11-7-6-10-25(26)29-27(31)20-22-8-4-3-5-9-22/h3-15,24H,2,16-20H2,1H3. The number of rotatable bonds is 5. The van der Waals surface area contributed by atoms with Gasteiger partial charge in [-0.2, -0.15) is 0 Å². The Labute approximate surface area is 189 Å². The molecule has 1 aliphatic rings. The summed E-state index contributed by atoms with van der Waals surface area (Å²) in [4.78, 5) is 20.0. The summed E-state index contributed by atoms with van der Waals surface area (Å²) < 4.78 is 2.43. The zero-order chi connectivity index (χ0) is 21.9. The van der Waals surface area contributed by atoms with Crippen LogP contribution in [0, 0.1) is 0 Å². The lowest BCUT2D eigenvalue weighted by Crippen LogP contribution is -2.39. The molecule has 0 unspecified atom stereocenters. The van der Waals surface area contributed by atoms with Crippen molar-refractivity contribution in [3.8, 4) is 0 Å². The van der Waals surface area contributed by atoms with E-state index in [1.165, 1.54) is 16.6 Å². The molecule has 0 saturated carbocycles. The van der Waals surface area contributed by atoms with Gasteiger partial charge in [0.2, 0.25) is 0 Å². The molecule has 3 aromatic carbocycles. The van der Waals surface area contributed by atoms with Gasteiger partial charge in [0.25, 0.3) is 5.91 Å². The van der Waals surface area contributed by atoms with Gasteiger partial charge < -0.3 is 9.47 Å². The van der Waals surface area contributed by atoms with E-state index in [1.807, 2.05) is 17.0 Å². The second-order valence-corrected chi connectivity index (χ2v) is 8.62. The van der Waals surface area contributed by atoms with E-state index in [1.54, 1.807) is 0 Å². The van der Waals surface area contributed by atoms with Crippen molar-refractivity contribution in [1.29, 1.82) is 0 Å². The third-order valence-corrected chi connectivity index (χ3v) is 6.60. The normalized spacial score (nSPS) is 14.7. The summed E-state index contributed by atoms with van der Waals surface area (Å²) in [5, 5.41) is 0. The van der Waals surface area contributed by atoms with Crippen LogP contribution in [0.1, 0.15) is 53.1 Å². The number of imidazole rings is 1. The van der Waals surface area contributed by atoms with E-state index in [0.29, 0.717) is 6.04 Å². The lowest BCUT2D eigenvalue weighted by atomic mass is 10.0. The number of hydrogen-bond donors (Lipinski definition) is 0. The summed E-state index contributed by atoms with van der Waals surface area (Å²) in [6, 6.07) is 27.4. The number of likely N-dealkylation sites (tertiary alicyclic amines) is 1. The van der Waals surface area contributed by atoms with Crippen LogP contribution in [0.15, 0.2) is 78.9 Å². The number of nitrogens with zero attached hydrogens (tertiary/aromatic N) is 3. The average molecular weight is 424 g/mol. The fourth-order valence-corrected chi connectivity index (χ4v) is 4.80. The summed E-state index contributed by atoms with van der Waals surface area (Å²) in [7, 11) is 0. The zero-order valence-corrected chi connectivity index (χ0v) is 18.6. The summed E-state index contributed by atoms with van der Waals surface area (Å²) in [5.41, 5.74) is 5.56. The van der Waals surface area contributed by atoms with E-state index in [4.69, 9.17) is 4.98 Å². The second-order valence-electron chi connectivity index (χ2n) is 8.62. The maximum absolute atomic E-state index is 13.0. The summed E-state index contributed by atoms with van der Waals surface area (Å²) in [6.45, 7) is 3.68. The number of fused-ring (bicyclic) bond motifs is 1. The van der Waals surface area contributed by atoms with Gasteiger partial charge in [0.15, 0.2) is 0 Å². The molecule has 4 aromatic rings. The van der Waals surface area contributed by atoms with Crippen LogP contribution in [0.5, 0.6) is 0 Å². The number of amides is 1. The molecule has 0 N–H and O–H groups in total. The molecule has 1 aliphatic heterocycles. The molecule has 2 heterocycles. The maximum atomic E-state index is 13.0. The van der Waals surface area contributed by atoms with Gasteiger partial charge in [-0.1, -0.05) is 61.5 Å². The number of piperidine rings is 1. The maximum Gasteiger partial charge on any atom is 0.253 e. The Bertz CT molecular complexity index is 1200. The highest BCUT2D eigenvalue weighted by Crippen LogP contribution is 2.30. The quantitative estimate of drug-likeness (QED) is 0.415. The summed E-state index contributed by atoms with van der Waals surface area (Å²) in [5.74, 6) is 1.25. The summed E-state index contributed by atoms with van der Waals surface area (Å²) in [6.07, 6.45) is 3.70. The SMILES string of the molecule is CCc1ccc(C(=O)N2CCC(n3c(Cc4ccccc4)nc4ccccc43)CC2)cc1. The first-order valence-corrected chi connectivity index (χ1v) is 11.6. The second kappa shape index (κ2) is 8.99. The minimum atomic E-state index is 0.145. The fraction of sp³-hybridized carbons (Fsp3) is 0.286. The molecular formula is C28H29N3O. The van der Waals surface area contributed by atoms with Crippen LogP contribution in [0.25, 0.3) is 11.0 Å². The average Bonchev–Trinajstić information content (AvgIpc) is 3.22. The van der Waals surface area contributed by atoms with Crippen molar-refractivity contribution in [2.24, 2.45) is 0 Å². The molecule has 0 spiro atoms. The molecule has 1 aromatic heterocycles. The third kappa shape index (κ3) is 4.05. The molecule has 0 aliphatic carbocycles. The molecule has 0 radical (unpaired) electrons. The van der Waals surface area contributed by atoms with Crippen molar-refractivity contribution in [1.82, 2.24) is 14.5 Å². The Hall–Kier alpha value is -3.40. The Morgan fingerprint density at radius 3 is 2.28 bits per heavy atom. The van der Waals surface area contributed by atoms with Crippen molar-refractivity contribution in [3.05, 3.63) is 101 Å². The number of benzene rings is 3. The van der Waals surface area contributed by atoms with Crippen LogP contribution in [-0.2, 0) is 12.8 Å². The third-order valence-electron chi connectivity index (χ3n) is 6.60.